The fourth-order valence-electron chi connectivity index (χ4n) is 2.63. The molecule has 5 nitrogen and oxygen atoms in total. The van der Waals surface area contributed by atoms with E-state index in [0.717, 1.165) is 12.0 Å². The summed E-state index contributed by atoms with van der Waals surface area (Å²) in [5.41, 5.74) is 1.51. The fourth-order valence-corrected chi connectivity index (χ4v) is 3.92. The van der Waals surface area contributed by atoms with Gasteiger partial charge in [-0.25, -0.2) is 0 Å². The third kappa shape index (κ3) is 4.72. The van der Waals surface area contributed by atoms with Crippen molar-refractivity contribution in [1.29, 1.82) is 0 Å². The molecule has 0 radical (unpaired) electrons. The molecule has 0 spiro atoms. The number of carbonyl (C=O) groups excluding carboxylic acids is 1. The molecule has 1 saturated heterocycles. The Morgan fingerprint density at radius 2 is 2.11 bits per heavy atom. The van der Waals surface area contributed by atoms with Crippen LogP contribution in [0.25, 0.3) is 6.08 Å². The van der Waals surface area contributed by atoms with Crippen molar-refractivity contribution >= 4 is 46.0 Å². The number of rotatable bonds is 7. The van der Waals surface area contributed by atoms with Gasteiger partial charge in [-0.15, -0.1) is 0 Å². The zero-order chi connectivity index (χ0) is 20.1. The number of aromatic nitrogens is 1. The second kappa shape index (κ2) is 9.21. The monoisotopic (exact) mass is 414 g/mol. The first-order valence-corrected chi connectivity index (χ1v) is 10.2. The van der Waals surface area contributed by atoms with Crippen LogP contribution in [0.1, 0.15) is 25.8 Å². The van der Waals surface area contributed by atoms with Crippen molar-refractivity contribution < 1.29 is 14.3 Å². The van der Waals surface area contributed by atoms with E-state index in [0.29, 0.717) is 38.9 Å². The van der Waals surface area contributed by atoms with Gasteiger partial charge in [0.2, 0.25) is 0 Å². The normalized spacial score (nSPS) is 15.6. The van der Waals surface area contributed by atoms with E-state index in [4.69, 9.17) is 21.7 Å². The minimum absolute atomic E-state index is 0.153. The molecule has 3 rings (SSSR count). The second-order valence-corrected chi connectivity index (χ2v) is 8.35. The molecule has 1 aliphatic rings. The standard InChI is InChI=1S/C21H22N2O3S2/c1-14(2)8-10-26-17-7-6-15(11-18(17)25-3)12-19-20(24)23(21(27)28-19)16-5-4-9-22-13-16/h4-7,9,11-14H,8,10H2,1-3H3/b19-12-. The van der Waals surface area contributed by atoms with E-state index >= 15 is 0 Å². The van der Waals surface area contributed by atoms with Crippen LogP contribution in [-0.2, 0) is 4.79 Å². The summed E-state index contributed by atoms with van der Waals surface area (Å²) < 4.78 is 11.8. The predicted molar refractivity (Wildman–Crippen MR) is 118 cm³/mol. The molecule has 7 heteroatoms. The van der Waals surface area contributed by atoms with Gasteiger partial charge in [-0.2, -0.15) is 0 Å². The molecular weight excluding hydrogens is 392 g/mol. The van der Waals surface area contributed by atoms with Crippen molar-refractivity contribution in [2.24, 2.45) is 5.92 Å². The summed E-state index contributed by atoms with van der Waals surface area (Å²) in [7, 11) is 1.61. The zero-order valence-corrected chi connectivity index (χ0v) is 17.7. The van der Waals surface area contributed by atoms with Gasteiger partial charge in [0.05, 0.1) is 30.5 Å². The zero-order valence-electron chi connectivity index (χ0n) is 16.0. The number of pyridine rings is 1. The van der Waals surface area contributed by atoms with Gasteiger partial charge < -0.3 is 9.47 Å². The Morgan fingerprint density at radius 3 is 2.79 bits per heavy atom. The van der Waals surface area contributed by atoms with E-state index in [-0.39, 0.29) is 5.91 Å². The average molecular weight is 415 g/mol. The molecule has 0 unspecified atom stereocenters. The molecule has 1 fully saturated rings. The lowest BCUT2D eigenvalue weighted by Crippen LogP contribution is -2.27. The Bertz CT molecular complexity index is 898. The number of ether oxygens (including phenoxy) is 2. The van der Waals surface area contributed by atoms with Crippen molar-refractivity contribution in [2.75, 3.05) is 18.6 Å². The number of nitrogens with zero attached hydrogens (tertiary/aromatic N) is 2. The van der Waals surface area contributed by atoms with Gasteiger partial charge in [-0.1, -0.05) is 43.9 Å². The largest absolute Gasteiger partial charge is 0.493 e. The number of hydrogen-bond donors (Lipinski definition) is 0. The second-order valence-electron chi connectivity index (χ2n) is 6.67. The van der Waals surface area contributed by atoms with Gasteiger partial charge in [0.1, 0.15) is 0 Å². The number of anilines is 1. The lowest BCUT2D eigenvalue weighted by Gasteiger charge is -2.13. The maximum Gasteiger partial charge on any atom is 0.270 e. The van der Waals surface area contributed by atoms with Crippen molar-refractivity contribution in [3.63, 3.8) is 0 Å². The molecule has 0 aliphatic carbocycles. The number of benzene rings is 1. The average Bonchev–Trinajstić information content (AvgIpc) is 2.96. The lowest BCUT2D eigenvalue weighted by molar-refractivity contribution is -0.113. The Kier molecular flexibility index (Phi) is 6.70. The van der Waals surface area contributed by atoms with Crippen LogP contribution in [0, 0.1) is 5.92 Å². The first-order chi connectivity index (χ1) is 13.5. The molecule has 2 heterocycles. The van der Waals surface area contributed by atoms with E-state index in [1.54, 1.807) is 25.6 Å². The minimum atomic E-state index is -0.153. The molecule has 1 amide bonds. The minimum Gasteiger partial charge on any atom is -0.493 e. The molecule has 28 heavy (non-hydrogen) atoms. The summed E-state index contributed by atoms with van der Waals surface area (Å²) in [6, 6.07) is 9.23. The third-order valence-electron chi connectivity index (χ3n) is 4.14. The van der Waals surface area contributed by atoms with Gasteiger partial charge in [0, 0.05) is 6.20 Å². The van der Waals surface area contributed by atoms with Gasteiger partial charge in [-0.05, 0) is 48.2 Å². The Morgan fingerprint density at radius 1 is 1.29 bits per heavy atom. The summed E-state index contributed by atoms with van der Waals surface area (Å²) in [4.78, 5) is 18.9. The summed E-state index contributed by atoms with van der Waals surface area (Å²) in [6.45, 7) is 4.95. The molecular formula is C21H22N2O3S2. The molecule has 0 saturated carbocycles. The molecule has 1 aromatic heterocycles. The summed E-state index contributed by atoms with van der Waals surface area (Å²) >= 11 is 6.66. The van der Waals surface area contributed by atoms with Gasteiger partial charge in [0.25, 0.3) is 5.91 Å². The SMILES string of the molecule is COc1cc(/C=C2\SC(=S)N(c3cccnc3)C2=O)ccc1OCCC(C)C. The lowest BCUT2D eigenvalue weighted by atomic mass is 10.1. The molecule has 2 aromatic rings. The highest BCUT2D eigenvalue weighted by Gasteiger charge is 2.33. The highest BCUT2D eigenvalue weighted by molar-refractivity contribution is 8.27. The summed E-state index contributed by atoms with van der Waals surface area (Å²) in [5.74, 6) is 1.76. The van der Waals surface area contributed by atoms with Crippen LogP contribution < -0.4 is 14.4 Å². The topological polar surface area (TPSA) is 51.7 Å². The van der Waals surface area contributed by atoms with Gasteiger partial charge in [0.15, 0.2) is 15.8 Å². The van der Waals surface area contributed by atoms with Crippen LogP contribution in [-0.4, -0.2) is 28.9 Å². The molecule has 1 aromatic carbocycles. The van der Waals surface area contributed by atoms with Crippen LogP contribution >= 0.6 is 24.0 Å². The number of amides is 1. The van der Waals surface area contributed by atoms with Crippen molar-refractivity contribution in [1.82, 2.24) is 4.98 Å². The Labute approximate surface area is 174 Å². The third-order valence-corrected chi connectivity index (χ3v) is 5.44. The van der Waals surface area contributed by atoms with Crippen LogP contribution in [0.5, 0.6) is 11.5 Å². The Balaban J connectivity index is 1.79. The number of hydrogen-bond acceptors (Lipinski definition) is 6. The van der Waals surface area contributed by atoms with E-state index in [1.165, 1.54) is 16.7 Å². The van der Waals surface area contributed by atoms with Crippen LogP contribution in [0.2, 0.25) is 0 Å². The Hall–Kier alpha value is -2.38. The van der Waals surface area contributed by atoms with E-state index < -0.39 is 0 Å². The van der Waals surface area contributed by atoms with Gasteiger partial charge >= 0.3 is 0 Å². The molecule has 0 atom stereocenters. The number of thiocarbonyl (C=S) groups is 1. The molecule has 0 bridgehead atoms. The molecule has 146 valence electrons. The number of thioether (sulfide) groups is 1. The maximum absolute atomic E-state index is 12.8. The van der Waals surface area contributed by atoms with E-state index in [2.05, 4.69) is 18.8 Å². The highest BCUT2D eigenvalue weighted by atomic mass is 32.2. The summed E-state index contributed by atoms with van der Waals surface area (Å²) in [5, 5.41) is 0. The van der Waals surface area contributed by atoms with Crippen LogP contribution in [0.15, 0.2) is 47.6 Å². The molecule has 0 N–H and O–H groups in total. The number of carbonyl (C=O) groups is 1. The quantitative estimate of drug-likeness (QED) is 0.473. The highest BCUT2D eigenvalue weighted by Crippen LogP contribution is 2.37. The predicted octanol–water partition coefficient (Wildman–Crippen LogP) is 4.92. The first-order valence-electron chi connectivity index (χ1n) is 8.98. The van der Waals surface area contributed by atoms with Crippen molar-refractivity contribution in [2.45, 2.75) is 20.3 Å². The van der Waals surface area contributed by atoms with Crippen LogP contribution in [0.3, 0.4) is 0 Å². The van der Waals surface area contributed by atoms with Crippen LogP contribution in [0.4, 0.5) is 5.69 Å². The number of methoxy groups -OCH3 is 1. The molecule has 1 aliphatic heterocycles. The van der Waals surface area contributed by atoms with E-state index in [9.17, 15) is 4.79 Å². The van der Waals surface area contributed by atoms with E-state index in [1.807, 2.05) is 30.3 Å². The van der Waals surface area contributed by atoms with Gasteiger partial charge in [-0.3, -0.25) is 14.7 Å². The van der Waals surface area contributed by atoms with Crippen molar-refractivity contribution in [3.05, 3.63) is 53.2 Å². The smallest absolute Gasteiger partial charge is 0.270 e. The van der Waals surface area contributed by atoms with Crippen molar-refractivity contribution in [3.8, 4) is 11.5 Å². The maximum atomic E-state index is 12.8. The summed E-state index contributed by atoms with van der Waals surface area (Å²) in [6.07, 6.45) is 6.08. The fraction of sp³-hybridized carbons (Fsp3) is 0.286. The first kappa shape index (κ1) is 20.4.